The van der Waals surface area contributed by atoms with Crippen molar-refractivity contribution in [3.05, 3.63) is 23.2 Å². The molecule has 2 rings (SSSR count). The lowest BCUT2D eigenvalue weighted by Crippen LogP contribution is -2.17. The lowest BCUT2D eigenvalue weighted by atomic mass is 9.97. The SMILES string of the molecule is CC(C)(C)Cn1c(N)nc2cccc(Cl)c21. The Balaban J connectivity index is 2.64. The maximum absolute atomic E-state index is 6.19. The summed E-state index contributed by atoms with van der Waals surface area (Å²) in [6, 6.07) is 5.68. The van der Waals surface area contributed by atoms with Gasteiger partial charge in [0.05, 0.1) is 16.1 Å². The van der Waals surface area contributed by atoms with Crippen LogP contribution in [-0.2, 0) is 6.54 Å². The number of benzene rings is 1. The van der Waals surface area contributed by atoms with Gasteiger partial charge in [0.2, 0.25) is 5.95 Å². The van der Waals surface area contributed by atoms with Gasteiger partial charge in [-0.25, -0.2) is 4.98 Å². The molecule has 0 radical (unpaired) electrons. The predicted octanol–water partition coefficient (Wildman–Crippen LogP) is 3.32. The van der Waals surface area contributed by atoms with Crippen LogP contribution in [0.5, 0.6) is 0 Å². The molecule has 0 aliphatic heterocycles. The van der Waals surface area contributed by atoms with Gasteiger partial charge in [0.25, 0.3) is 0 Å². The second kappa shape index (κ2) is 3.67. The van der Waals surface area contributed by atoms with Crippen molar-refractivity contribution in [2.45, 2.75) is 27.3 Å². The summed E-state index contributed by atoms with van der Waals surface area (Å²) >= 11 is 6.19. The molecule has 86 valence electrons. The van der Waals surface area contributed by atoms with Crippen molar-refractivity contribution in [2.75, 3.05) is 5.73 Å². The molecule has 0 amide bonds. The molecule has 16 heavy (non-hydrogen) atoms. The summed E-state index contributed by atoms with van der Waals surface area (Å²) in [5, 5.41) is 0.700. The summed E-state index contributed by atoms with van der Waals surface area (Å²) in [5.41, 5.74) is 7.85. The lowest BCUT2D eigenvalue weighted by molar-refractivity contribution is 0.351. The highest BCUT2D eigenvalue weighted by Gasteiger charge is 2.17. The summed E-state index contributed by atoms with van der Waals surface area (Å²) in [6.07, 6.45) is 0. The first-order valence-corrected chi connectivity index (χ1v) is 5.66. The molecule has 2 aromatic rings. The van der Waals surface area contributed by atoms with E-state index in [-0.39, 0.29) is 5.41 Å². The average molecular weight is 238 g/mol. The highest BCUT2D eigenvalue weighted by atomic mass is 35.5. The molecule has 0 unspecified atom stereocenters. The van der Waals surface area contributed by atoms with E-state index in [0.29, 0.717) is 11.0 Å². The first-order chi connectivity index (χ1) is 7.38. The van der Waals surface area contributed by atoms with Gasteiger partial charge in [0, 0.05) is 6.54 Å². The van der Waals surface area contributed by atoms with E-state index >= 15 is 0 Å². The molecule has 2 N–H and O–H groups in total. The Bertz CT molecular complexity index is 523. The summed E-state index contributed by atoms with van der Waals surface area (Å²) in [4.78, 5) is 4.31. The Morgan fingerprint density at radius 3 is 2.69 bits per heavy atom. The summed E-state index contributed by atoms with van der Waals surface area (Å²) < 4.78 is 1.98. The molecule has 0 saturated carbocycles. The molecule has 0 atom stereocenters. The van der Waals surface area contributed by atoms with Crippen LogP contribution < -0.4 is 5.73 Å². The summed E-state index contributed by atoms with van der Waals surface area (Å²) in [6.45, 7) is 7.29. The van der Waals surface area contributed by atoms with Crippen molar-refractivity contribution in [1.82, 2.24) is 9.55 Å². The number of hydrogen-bond donors (Lipinski definition) is 1. The number of nitrogens with two attached hydrogens (primary N) is 1. The maximum Gasteiger partial charge on any atom is 0.201 e. The predicted molar refractivity (Wildman–Crippen MR) is 68.6 cm³/mol. The van der Waals surface area contributed by atoms with Crippen LogP contribution in [0.1, 0.15) is 20.8 Å². The third-order valence-electron chi connectivity index (χ3n) is 2.38. The number of imidazole rings is 1. The van der Waals surface area contributed by atoms with E-state index < -0.39 is 0 Å². The van der Waals surface area contributed by atoms with Crippen molar-refractivity contribution in [2.24, 2.45) is 5.41 Å². The zero-order chi connectivity index (χ0) is 11.9. The summed E-state index contributed by atoms with van der Waals surface area (Å²) in [7, 11) is 0. The smallest absolute Gasteiger partial charge is 0.201 e. The first kappa shape index (κ1) is 11.3. The van der Waals surface area contributed by atoms with Crippen molar-refractivity contribution in [3.63, 3.8) is 0 Å². The average Bonchev–Trinajstić information content (AvgIpc) is 2.42. The number of nitrogen functional groups attached to an aromatic ring is 1. The van der Waals surface area contributed by atoms with Gasteiger partial charge in [-0.05, 0) is 17.5 Å². The third kappa shape index (κ3) is 2.00. The van der Waals surface area contributed by atoms with Crippen molar-refractivity contribution in [1.29, 1.82) is 0 Å². The quantitative estimate of drug-likeness (QED) is 0.827. The minimum Gasteiger partial charge on any atom is -0.369 e. The number of anilines is 1. The van der Waals surface area contributed by atoms with Crippen molar-refractivity contribution < 1.29 is 0 Å². The Labute approximate surface area is 100 Å². The zero-order valence-corrected chi connectivity index (χ0v) is 10.5. The lowest BCUT2D eigenvalue weighted by Gasteiger charge is -2.20. The minimum atomic E-state index is 0.140. The minimum absolute atomic E-state index is 0.140. The van der Waals surface area contributed by atoms with Crippen LogP contribution in [0.2, 0.25) is 5.02 Å². The summed E-state index contributed by atoms with van der Waals surface area (Å²) in [5.74, 6) is 0.526. The van der Waals surface area contributed by atoms with Gasteiger partial charge in [0.15, 0.2) is 0 Å². The van der Waals surface area contributed by atoms with E-state index in [4.69, 9.17) is 17.3 Å². The van der Waals surface area contributed by atoms with Gasteiger partial charge in [0.1, 0.15) is 0 Å². The number of aromatic nitrogens is 2. The van der Waals surface area contributed by atoms with E-state index in [9.17, 15) is 0 Å². The van der Waals surface area contributed by atoms with Crippen LogP contribution in [0.25, 0.3) is 11.0 Å². The molecule has 1 aromatic heterocycles. The van der Waals surface area contributed by atoms with Crippen molar-refractivity contribution >= 4 is 28.6 Å². The Kier molecular flexibility index (Phi) is 2.58. The molecule has 0 bridgehead atoms. The largest absolute Gasteiger partial charge is 0.369 e. The van der Waals surface area contributed by atoms with Gasteiger partial charge in [-0.1, -0.05) is 38.4 Å². The molecular formula is C12H16ClN3. The number of halogens is 1. The molecule has 0 aliphatic rings. The highest BCUT2D eigenvalue weighted by Crippen LogP contribution is 2.28. The molecule has 0 fully saturated rings. The Hall–Kier alpha value is -1.22. The van der Waals surface area contributed by atoms with Crippen LogP contribution in [-0.4, -0.2) is 9.55 Å². The normalized spacial score (nSPS) is 12.2. The van der Waals surface area contributed by atoms with E-state index in [1.165, 1.54) is 0 Å². The van der Waals surface area contributed by atoms with Gasteiger partial charge in [-0.15, -0.1) is 0 Å². The van der Waals surface area contributed by atoms with Crippen LogP contribution in [0, 0.1) is 5.41 Å². The molecule has 3 nitrogen and oxygen atoms in total. The third-order valence-corrected chi connectivity index (χ3v) is 2.68. The molecule has 0 spiro atoms. The van der Waals surface area contributed by atoms with E-state index in [2.05, 4.69) is 25.8 Å². The highest BCUT2D eigenvalue weighted by molar-refractivity contribution is 6.35. The second-order valence-corrected chi connectivity index (χ2v) is 5.63. The van der Waals surface area contributed by atoms with Gasteiger partial charge in [-0.3, -0.25) is 0 Å². The van der Waals surface area contributed by atoms with Crippen LogP contribution in [0.3, 0.4) is 0 Å². The maximum atomic E-state index is 6.19. The fourth-order valence-corrected chi connectivity index (χ4v) is 2.07. The number of para-hydroxylation sites is 1. The van der Waals surface area contributed by atoms with Gasteiger partial charge >= 0.3 is 0 Å². The topological polar surface area (TPSA) is 43.8 Å². The monoisotopic (exact) mass is 237 g/mol. The van der Waals surface area contributed by atoms with E-state index in [1.54, 1.807) is 0 Å². The first-order valence-electron chi connectivity index (χ1n) is 5.29. The number of hydrogen-bond acceptors (Lipinski definition) is 2. The van der Waals surface area contributed by atoms with Gasteiger partial charge in [-0.2, -0.15) is 0 Å². The second-order valence-electron chi connectivity index (χ2n) is 5.22. The van der Waals surface area contributed by atoms with E-state index in [1.807, 2.05) is 22.8 Å². The number of nitrogens with zero attached hydrogens (tertiary/aromatic N) is 2. The Morgan fingerprint density at radius 1 is 1.38 bits per heavy atom. The Morgan fingerprint density at radius 2 is 2.06 bits per heavy atom. The molecule has 4 heteroatoms. The van der Waals surface area contributed by atoms with E-state index in [0.717, 1.165) is 17.6 Å². The molecule has 0 saturated heterocycles. The van der Waals surface area contributed by atoms with Gasteiger partial charge < -0.3 is 10.3 Å². The number of fused-ring (bicyclic) bond motifs is 1. The molecular weight excluding hydrogens is 222 g/mol. The number of rotatable bonds is 1. The molecule has 1 aromatic carbocycles. The van der Waals surface area contributed by atoms with Crippen LogP contribution >= 0.6 is 11.6 Å². The standard InChI is InChI=1S/C12H16ClN3/c1-12(2,3)7-16-10-8(13)5-4-6-9(10)15-11(16)14/h4-6H,7H2,1-3H3,(H2,14,15). The zero-order valence-electron chi connectivity index (χ0n) is 9.79. The van der Waals surface area contributed by atoms with Crippen LogP contribution in [0.4, 0.5) is 5.95 Å². The molecule has 0 aliphatic carbocycles. The van der Waals surface area contributed by atoms with Crippen molar-refractivity contribution in [3.8, 4) is 0 Å². The van der Waals surface area contributed by atoms with Crippen LogP contribution in [0.15, 0.2) is 18.2 Å². The fourth-order valence-electron chi connectivity index (χ4n) is 1.79. The molecule has 1 heterocycles. The fraction of sp³-hybridized carbons (Fsp3) is 0.417.